The highest BCUT2D eigenvalue weighted by Crippen LogP contribution is 2.38. The number of carbonyl (C=O) groups is 2. The van der Waals surface area contributed by atoms with Crippen molar-refractivity contribution in [3.05, 3.63) is 52.5 Å². The number of piperidine rings is 1. The van der Waals surface area contributed by atoms with Gasteiger partial charge >= 0.3 is 6.03 Å². The smallest absolute Gasteiger partial charge is 0.327 e. The molecule has 7 nitrogen and oxygen atoms in total. The molecule has 0 atom stereocenters. The van der Waals surface area contributed by atoms with Gasteiger partial charge in [0.25, 0.3) is 5.91 Å². The molecule has 4 rings (SSSR count). The number of carbonyl (C=O) groups excluding carboxylic acids is 2. The lowest BCUT2D eigenvalue weighted by molar-refractivity contribution is -0.136. The summed E-state index contributed by atoms with van der Waals surface area (Å²) in [7, 11) is 1.66. The number of hydrogen-bond acceptors (Lipinski definition) is 6. The van der Waals surface area contributed by atoms with E-state index in [-0.39, 0.29) is 11.9 Å². The number of likely N-dealkylation sites (tertiary alicyclic amines) is 1. The Kier molecular flexibility index (Phi) is 6.46. The van der Waals surface area contributed by atoms with Crippen molar-refractivity contribution in [3.8, 4) is 0 Å². The fourth-order valence-corrected chi connectivity index (χ4v) is 5.11. The highest BCUT2D eigenvalue weighted by Gasteiger charge is 2.57. The maximum Gasteiger partial charge on any atom is 0.327 e. The van der Waals surface area contributed by atoms with Crippen molar-refractivity contribution in [3.63, 3.8) is 0 Å². The molecule has 3 heterocycles. The van der Waals surface area contributed by atoms with Crippen molar-refractivity contribution in [1.29, 1.82) is 0 Å². The Bertz CT molecular complexity index is 851. The highest BCUT2D eigenvalue weighted by molar-refractivity contribution is 7.09. The van der Waals surface area contributed by atoms with E-state index in [2.05, 4.69) is 9.88 Å². The van der Waals surface area contributed by atoms with Crippen LogP contribution in [0.2, 0.25) is 0 Å². The lowest BCUT2D eigenvalue weighted by Gasteiger charge is -2.42. The number of aromatic nitrogens is 1. The van der Waals surface area contributed by atoms with Crippen molar-refractivity contribution in [1.82, 2.24) is 19.7 Å². The molecule has 0 bridgehead atoms. The molecule has 3 amide bonds. The monoisotopic (exact) mass is 428 g/mol. The van der Waals surface area contributed by atoms with Gasteiger partial charge in [0.15, 0.2) is 0 Å². The molecular weight excluding hydrogens is 400 g/mol. The summed E-state index contributed by atoms with van der Waals surface area (Å²) in [6, 6.07) is 9.55. The van der Waals surface area contributed by atoms with Crippen LogP contribution in [0.15, 0.2) is 41.9 Å². The van der Waals surface area contributed by atoms with Crippen molar-refractivity contribution in [2.45, 2.75) is 37.9 Å². The van der Waals surface area contributed by atoms with Crippen LogP contribution in [0.25, 0.3) is 0 Å². The second kappa shape index (κ2) is 9.24. The van der Waals surface area contributed by atoms with E-state index in [0.29, 0.717) is 32.5 Å². The highest BCUT2D eigenvalue weighted by atomic mass is 32.1. The summed E-state index contributed by atoms with van der Waals surface area (Å²) in [6.45, 7) is 3.79. The molecule has 0 radical (unpaired) electrons. The third-order valence-electron chi connectivity index (χ3n) is 6.06. The number of ether oxygens (including phenoxy) is 1. The average Bonchev–Trinajstić information content (AvgIpc) is 3.34. The first kappa shape index (κ1) is 21.0. The Morgan fingerprint density at radius 2 is 1.90 bits per heavy atom. The molecule has 2 saturated heterocycles. The zero-order valence-electron chi connectivity index (χ0n) is 17.3. The van der Waals surface area contributed by atoms with E-state index in [1.807, 2.05) is 46.8 Å². The van der Waals surface area contributed by atoms with Crippen LogP contribution in [-0.4, -0.2) is 70.5 Å². The van der Waals surface area contributed by atoms with Crippen LogP contribution < -0.4 is 0 Å². The van der Waals surface area contributed by atoms with Crippen LogP contribution in [0, 0.1) is 0 Å². The third-order valence-corrected chi connectivity index (χ3v) is 6.83. The van der Waals surface area contributed by atoms with E-state index in [4.69, 9.17) is 4.74 Å². The van der Waals surface area contributed by atoms with E-state index in [1.165, 1.54) is 4.90 Å². The fraction of sp³-hybridized carbons (Fsp3) is 0.500. The predicted octanol–water partition coefficient (Wildman–Crippen LogP) is 2.98. The van der Waals surface area contributed by atoms with E-state index in [0.717, 1.165) is 36.6 Å². The second-order valence-corrected chi connectivity index (χ2v) is 8.87. The summed E-state index contributed by atoms with van der Waals surface area (Å²) in [6.07, 6.45) is 3.85. The van der Waals surface area contributed by atoms with Gasteiger partial charge in [-0.25, -0.2) is 9.78 Å². The number of benzene rings is 1. The summed E-state index contributed by atoms with van der Waals surface area (Å²) >= 11 is 1.65. The summed E-state index contributed by atoms with van der Waals surface area (Å²) in [5.74, 6) is -0.0531. The van der Waals surface area contributed by atoms with E-state index in [9.17, 15) is 9.59 Å². The molecule has 0 N–H and O–H groups in total. The van der Waals surface area contributed by atoms with E-state index in [1.54, 1.807) is 18.4 Å². The van der Waals surface area contributed by atoms with Crippen molar-refractivity contribution < 1.29 is 14.3 Å². The first-order chi connectivity index (χ1) is 14.6. The molecule has 2 aliphatic rings. The number of methoxy groups -OCH3 is 1. The number of rotatable bonds is 8. The zero-order valence-corrected chi connectivity index (χ0v) is 18.1. The third kappa shape index (κ3) is 4.12. The standard InChI is InChI=1S/C22H28N4O3S/c1-29-14-5-11-26-21(28)25(16-18-6-3-2-4-7-18)20(27)22(26)8-12-24(13-9-22)17-19-23-10-15-30-19/h2-4,6-7,10,15H,5,8-9,11-14,16-17H2,1H3. The topological polar surface area (TPSA) is 66.0 Å². The molecule has 160 valence electrons. The lowest BCUT2D eigenvalue weighted by Crippen LogP contribution is -2.56. The quantitative estimate of drug-likeness (QED) is 0.478. The molecular formula is C22H28N4O3S. The molecule has 0 saturated carbocycles. The minimum Gasteiger partial charge on any atom is -0.385 e. The van der Waals surface area contributed by atoms with Crippen LogP contribution in [-0.2, 0) is 22.6 Å². The van der Waals surface area contributed by atoms with Crippen LogP contribution in [0.4, 0.5) is 4.79 Å². The normalized spacial score (nSPS) is 19.2. The Balaban J connectivity index is 1.51. The van der Waals surface area contributed by atoms with Gasteiger partial charge in [0.05, 0.1) is 13.1 Å². The number of thiazole rings is 1. The summed E-state index contributed by atoms with van der Waals surface area (Å²) < 4.78 is 5.19. The number of nitrogens with zero attached hydrogens (tertiary/aromatic N) is 4. The van der Waals surface area contributed by atoms with Crippen LogP contribution >= 0.6 is 11.3 Å². The van der Waals surface area contributed by atoms with Crippen LogP contribution in [0.5, 0.6) is 0 Å². The molecule has 2 aromatic rings. The molecule has 30 heavy (non-hydrogen) atoms. The van der Waals surface area contributed by atoms with Gasteiger partial charge in [-0.1, -0.05) is 30.3 Å². The van der Waals surface area contributed by atoms with Gasteiger partial charge in [-0.3, -0.25) is 14.6 Å². The predicted molar refractivity (Wildman–Crippen MR) is 115 cm³/mol. The zero-order chi connectivity index (χ0) is 21.0. The van der Waals surface area contributed by atoms with Crippen molar-refractivity contribution in [2.24, 2.45) is 0 Å². The molecule has 2 aliphatic heterocycles. The van der Waals surface area contributed by atoms with Crippen LogP contribution in [0.1, 0.15) is 29.8 Å². The first-order valence-corrected chi connectivity index (χ1v) is 11.3. The number of hydrogen-bond donors (Lipinski definition) is 0. The van der Waals surface area contributed by atoms with Crippen LogP contribution in [0.3, 0.4) is 0 Å². The largest absolute Gasteiger partial charge is 0.385 e. The van der Waals surface area contributed by atoms with Gasteiger partial charge in [-0.2, -0.15) is 0 Å². The number of imide groups is 1. The van der Waals surface area contributed by atoms with Crippen molar-refractivity contribution in [2.75, 3.05) is 33.4 Å². The number of amides is 3. The average molecular weight is 429 g/mol. The van der Waals surface area contributed by atoms with E-state index < -0.39 is 5.54 Å². The van der Waals surface area contributed by atoms with Gasteiger partial charge in [-0.15, -0.1) is 11.3 Å². The molecule has 1 aromatic heterocycles. The fourth-order valence-electron chi connectivity index (χ4n) is 4.45. The minimum absolute atomic E-state index is 0.0531. The molecule has 1 spiro atoms. The molecule has 8 heteroatoms. The molecule has 0 aliphatic carbocycles. The van der Waals surface area contributed by atoms with Gasteiger partial charge in [-0.05, 0) is 24.8 Å². The number of urea groups is 1. The van der Waals surface area contributed by atoms with Gasteiger partial charge in [0, 0.05) is 44.9 Å². The van der Waals surface area contributed by atoms with Gasteiger partial charge in [0.1, 0.15) is 10.5 Å². The molecule has 2 fully saturated rings. The second-order valence-electron chi connectivity index (χ2n) is 7.89. The summed E-state index contributed by atoms with van der Waals surface area (Å²) in [4.78, 5) is 36.8. The summed E-state index contributed by atoms with van der Waals surface area (Å²) in [5, 5.41) is 3.07. The SMILES string of the molecule is COCCCN1C(=O)N(Cc2ccccc2)C(=O)C12CCN(Cc1nccs1)CC2. The Labute approximate surface area is 181 Å². The minimum atomic E-state index is -0.737. The summed E-state index contributed by atoms with van der Waals surface area (Å²) in [5.41, 5.74) is 0.230. The van der Waals surface area contributed by atoms with Gasteiger partial charge < -0.3 is 9.64 Å². The van der Waals surface area contributed by atoms with Crippen molar-refractivity contribution >= 4 is 23.3 Å². The molecule has 0 unspecified atom stereocenters. The van der Waals surface area contributed by atoms with E-state index >= 15 is 0 Å². The Morgan fingerprint density at radius 3 is 2.57 bits per heavy atom. The molecule has 1 aromatic carbocycles. The maximum absolute atomic E-state index is 13.6. The van der Waals surface area contributed by atoms with Gasteiger partial charge in [0.2, 0.25) is 0 Å². The Hall–Kier alpha value is -2.29. The first-order valence-electron chi connectivity index (χ1n) is 10.4. The lowest BCUT2D eigenvalue weighted by atomic mass is 9.85. The Morgan fingerprint density at radius 1 is 1.13 bits per heavy atom. The maximum atomic E-state index is 13.6.